The third kappa shape index (κ3) is 2.47. The summed E-state index contributed by atoms with van der Waals surface area (Å²) < 4.78 is 0. The first-order valence-corrected chi connectivity index (χ1v) is 7.48. The molecule has 2 atom stereocenters. The molecule has 1 aromatic carbocycles. The SMILES string of the molecule is CC1CN(c2ncnc3cc(N)ccc23)CC(C)S1. The Morgan fingerprint density at radius 1 is 1.21 bits per heavy atom. The average molecular weight is 274 g/mol. The number of fused-ring (bicyclic) bond motifs is 1. The zero-order chi connectivity index (χ0) is 13.4. The molecule has 1 fully saturated rings. The van der Waals surface area contributed by atoms with E-state index in [2.05, 4.69) is 28.7 Å². The van der Waals surface area contributed by atoms with Crippen molar-refractivity contribution in [1.82, 2.24) is 9.97 Å². The molecule has 1 aliphatic rings. The Hall–Kier alpha value is -1.49. The standard InChI is InChI=1S/C14H18N4S/c1-9-6-18(7-10(2)19-9)14-12-4-3-11(15)5-13(12)16-8-17-14/h3-5,8-10H,6-7,15H2,1-2H3. The molecule has 2 unspecified atom stereocenters. The summed E-state index contributed by atoms with van der Waals surface area (Å²) in [6, 6.07) is 5.85. The Bertz CT molecular complexity index is 591. The molecule has 1 aromatic heterocycles. The number of rotatable bonds is 1. The van der Waals surface area contributed by atoms with E-state index < -0.39 is 0 Å². The summed E-state index contributed by atoms with van der Waals surface area (Å²) in [6.07, 6.45) is 1.63. The van der Waals surface area contributed by atoms with E-state index in [1.807, 2.05) is 30.0 Å². The lowest BCUT2D eigenvalue weighted by atomic mass is 10.2. The summed E-state index contributed by atoms with van der Waals surface area (Å²) in [5, 5.41) is 2.34. The molecule has 2 heterocycles. The second-order valence-electron chi connectivity index (χ2n) is 5.14. The van der Waals surface area contributed by atoms with Crippen LogP contribution >= 0.6 is 11.8 Å². The zero-order valence-electron chi connectivity index (χ0n) is 11.2. The Morgan fingerprint density at radius 2 is 1.95 bits per heavy atom. The fraction of sp³-hybridized carbons (Fsp3) is 0.429. The molecule has 19 heavy (non-hydrogen) atoms. The highest BCUT2D eigenvalue weighted by Gasteiger charge is 2.24. The molecule has 1 aliphatic heterocycles. The van der Waals surface area contributed by atoms with Gasteiger partial charge in [-0.15, -0.1) is 0 Å². The highest BCUT2D eigenvalue weighted by atomic mass is 32.2. The van der Waals surface area contributed by atoms with E-state index in [-0.39, 0.29) is 0 Å². The van der Waals surface area contributed by atoms with Crippen molar-refractivity contribution >= 4 is 34.2 Å². The van der Waals surface area contributed by atoms with Crippen LogP contribution in [0.2, 0.25) is 0 Å². The van der Waals surface area contributed by atoms with Crippen LogP contribution in [-0.4, -0.2) is 33.6 Å². The minimum absolute atomic E-state index is 0.627. The lowest BCUT2D eigenvalue weighted by Gasteiger charge is -2.35. The highest BCUT2D eigenvalue weighted by molar-refractivity contribution is 8.00. The number of hydrogen-bond acceptors (Lipinski definition) is 5. The summed E-state index contributed by atoms with van der Waals surface area (Å²) in [5.74, 6) is 1.03. The maximum Gasteiger partial charge on any atom is 0.139 e. The summed E-state index contributed by atoms with van der Waals surface area (Å²) >= 11 is 2.04. The van der Waals surface area contributed by atoms with Gasteiger partial charge in [-0.25, -0.2) is 9.97 Å². The largest absolute Gasteiger partial charge is 0.399 e. The van der Waals surface area contributed by atoms with E-state index in [1.54, 1.807) is 6.33 Å². The Labute approximate surface area is 117 Å². The van der Waals surface area contributed by atoms with E-state index in [0.29, 0.717) is 10.5 Å². The number of benzene rings is 1. The molecule has 100 valence electrons. The molecule has 1 saturated heterocycles. The lowest BCUT2D eigenvalue weighted by Crippen LogP contribution is -2.41. The van der Waals surface area contributed by atoms with E-state index in [1.165, 1.54) is 0 Å². The third-order valence-electron chi connectivity index (χ3n) is 3.36. The molecule has 2 aromatic rings. The smallest absolute Gasteiger partial charge is 0.139 e. The molecule has 0 saturated carbocycles. The number of nitrogens with two attached hydrogens (primary N) is 1. The molecule has 0 spiro atoms. The fourth-order valence-electron chi connectivity index (χ4n) is 2.66. The normalized spacial score (nSPS) is 23.8. The average Bonchev–Trinajstić information content (AvgIpc) is 2.36. The van der Waals surface area contributed by atoms with Crippen molar-refractivity contribution in [2.45, 2.75) is 24.3 Å². The molecule has 4 nitrogen and oxygen atoms in total. The maximum atomic E-state index is 5.82. The molecule has 0 bridgehead atoms. The maximum absolute atomic E-state index is 5.82. The first-order valence-electron chi connectivity index (χ1n) is 6.54. The molecule has 0 aliphatic carbocycles. The monoisotopic (exact) mass is 274 g/mol. The molecule has 2 N–H and O–H groups in total. The van der Waals surface area contributed by atoms with Gasteiger partial charge in [0.25, 0.3) is 0 Å². The van der Waals surface area contributed by atoms with Crippen LogP contribution in [0.3, 0.4) is 0 Å². The van der Waals surface area contributed by atoms with Crippen LogP contribution in [0.25, 0.3) is 10.9 Å². The van der Waals surface area contributed by atoms with Crippen LogP contribution in [0.4, 0.5) is 11.5 Å². The van der Waals surface area contributed by atoms with Crippen molar-refractivity contribution in [3.8, 4) is 0 Å². The number of anilines is 2. The Balaban J connectivity index is 2.04. The van der Waals surface area contributed by atoms with Crippen LogP contribution in [0.1, 0.15) is 13.8 Å². The molecule has 5 heteroatoms. The Kier molecular flexibility index (Phi) is 3.22. The lowest BCUT2D eigenvalue weighted by molar-refractivity contribution is 0.720. The van der Waals surface area contributed by atoms with Crippen molar-refractivity contribution in [2.75, 3.05) is 23.7 Å². The van der Waals surface area contributed by atoms with Crippen LogP contribution in [-0.2, 0) is 0 Å². The van der Waals surface area contributed by atoms with Gasteiger partial charge in [0.1, 0.15) is 12.1 Å². The van der Waals surface area contributed by atoms with Crippen LogP contribution in [0, 0.1) is 0 Å². The van der Waals surface area contributed by atoms with Gasteiger partial charge in [-0.1, -0.05) is 13.8 Å². The van der Waals surface area contributed by atoms with E-state index in [0.717, 1.165) is 35.5 Å². The minimum atomic E-state index is 0.627. The predicted octanol–water partition coefficient (Wildman–Crippen LogP) is 2.54. The molecular weight excluding hydrogens is 256 g/mol. The molecular formula is C14H18N4S. The van der Waals surface area contributed by atoms with E-state index in [9.17, 15) is 0 Å². The van der Waals surface area contributed by atoms with Gasteiger partial charge in [0, 0.05) is 34.7 Å². The number of nitrogens with zero attached hydrogens (tertiary/aromatic N) is 3. The highest BCUT2D eigenvalue weighted by Crippen LogP contribution is 2.31. The van der Waals surface area contributed by atoms with Crippen molar-refractivity contribution < 1.29 is 0 Å². The third-order valence-corrected chi connectivity index (χ3v) is 4.59. The van der Waals surface area contributed by atoms with Crippen LogP contribution < -0.4 is 10.6 Å². The number of thioether (sulfide) groups is 1. The number of hydrogen-bond donors (Lipinski definition) is 1. The zero-order valence-corrected chi connectivity index (χ0v) is 12.0. The van der Waals surface area contributed by atoms with Gasteiger partial charge >= 0.3 is 0 Å². The van der Waals surface area contributed by atoms with Gasteiger partial charge < -0.3 is 10.6 Å². The van der Waals surface area contributed by atoms with E-state index in [4.69, 9.17) is 5.73 Å². The van der Waals surface area contributed by atoms with Gasteiger partial charge in [-0.3, -0.25) is 0 Å². The summed E-state index contributed by atoms with van der Waals surface area (Å²) in [7, 11) is 0. The number of nitrogen functional groups attached to an aromatic ring is 1. The second-order valence-corrected chi connectivity index (χ2v) is 7.02. The van der Waals surface area contributed by atoms with E-state index >= 15 is 0 Å². The van der Waals surface area contributed by atoms with Crippen molar-refractivity contribution in [3.05, 3.63) is 24.5 Å². The fourth-order valence-corrected chi connectivity index (χ4v) is 3.99. The van der Waals surface area contributed by atoms with Gasteiger partial charge in [-0.05, 0) is 18.2 Å². The number of aromatic nitrogens is 2. The van der Waals surface area contributed by atoms with Crippen LogP contribution in [0.5, 0.6) is 0 Å². The summed E-state index contributed by atoms with van der Waals surface area (Å²) in [6.45, 7) is 6.61. The van der Waals surface area contributed by atoms with Gasteiger partial charge in [-0.2, -0.15) is 11.8 Å². The second kappa shape index (κ2) is 4.89. The van der Waals surface area contributed by atoms with Crippen molar-refractivity contribution in [3.63, 3.8) is 0 Å². The topological polar surface area (TPSA) is 55.0 Å². The first-order chi connectivity index (χ1) is 9.13. The Morgan fingerprint density at radius 3 is 2.68 bits per heavy atom. The van der Waals surface area contributed by atoms with Gasteiger partial charge in [0.15, 0.2) is 0 Å². The molecule has 0 radical (unpaired) electrons. The summed E-state index contributed by atoms with van der Waals surface area (Å²) in [5.41, 5.74) is 7.48. The van der Waals surface area contributed by atoms with Crippen molar-refractivity contribution in [1.29, 1.82) is 0 Å². The van der Waals surface area contributed by atoms with Gasteiger partial charge in [0.05, 0.1) is 5.52 Å². The van der Waals surface area contributed by atoms with Gasteiger partial charge in [0.2, 0.25) is 0 Å². The molecule has 0 amide bonds. The van der Waals surface area contributed by atoms with Crippen LogP contribution in [0.15, 0.2) is 24.5 Å². The summed E-state index contributed by atoms with van der Waals surface area (Å²) in [4.78, 5) is 11.2. The van der Waals surface area contributed by atoms with Crippen molar-refractivity contribution in [2.24, 2.45) is 0 Å². The minimum Gasteiger partial charge on any atom is -0.399 e. The predicted molar refractivity (Wildman–Crippen MR) is 82.7 cm³/mol. The molecule has 3 rings (SSSR count). The quantitative estimate of drug-likeness (QED) is 0.810. The first kappa shape index (κ1) is 12.5.